The minimum Gasteiger partial charge on any atom is -0.497 e. The molecule has 3 aromatic carbocycles. The van der Waals surface area contributed by atoms with Gasteiger partial charge in [0.05, 0.1) is 29.5 Å². The monoisotopic (exact) mass is 610 g/mol. The number of benzene rings is 3. The maximum absolute atomic E-state index is 6.64. The van der Waals surface area contributed by atoms with Crippen LogP contribution in [0, 0.1) is 12.8 Å². The lowest BCUT2D eigenvalue weighted by atomic mass is 9.74. The van der Waals surface area contributed by atoms with E-state index in [2.05, 4.69) is 111 Å². The minimum atomic E-state index is 0.422. The van der Waals surface area contributed by atoms with Crippen molar-refractivity contribution in [3.05, 3.63) is 113 Å². The van der Waals surface area contributed by atoms with Gasteiger partial charge in [-0.05, 0) is 87.4 Å². The van der Waals surface area contributed by atoms with Crippen molar-refractivity contribution in [2.24, 2.45) is 5.92 Å². The predicted molar refractivity (Wildman–Crippen MR) is 187 cm³/mol. The molecule has 234 valence electrons. The van der Waals surface area contributed by atoms with Gasteiger partial charge < -0.3 is 9.47 Å². The zero-order valence-electron chi connectivity index (χ0n) is 27.7. The van der Waals surface area contributed by atoms with Crippen LogP contribution in [0.2, 0.25) is 0 Å². The molecule has 0 spiro atoms. The maximum Gasteiger partial charge on any atom is 0.141 e. The second-order valence-corrected chi connectivity index (χ2v) is 12.6. The standard InChI is InChI=1S/C40H42N4O2/c1-7-34-40(39-26(4)12-11-13-27(39)5)35(8-2)44(42-34)28-20-25(3)21-31(22-28)46-30-16-17-33-32-14-9-10-15-36(32)43(37(33)23-30)38-24-29(45-6)18-19-41-38/h9-10,12,14-24,27,39H,7-8,11,13H2,1-6H3/t27-,39+/m0/s1. The Bertz CT molecular complexity index is 2100. The normalized spacial score (nSPS) is 16.6. The molecule has 0 N–H and O–H groups in total. The minimum absolute atomic E-state index is 0.422. The van der Waals surface area contributed by atoms with Crippen LogP contribution in [0.5, 0.6) is 17.2 Å². The van der Waals surface area contributed by atoms with Gasteiger partial charge in [0.1, 0.15) is 23.1 Å². The fourth-order valence-electron chi connectivity index (χ4n) is 7.47. The van der Waals surface area contributed by atoms with E-state index in [1.54, 1.807) is 13.3 Å². The fraction of sp³-hybridized carbons (Fsp3) is 0.300. The van der Waals surface area contributed by atoms with Gasteiger partial charge in [-0.2, -0.15) is 5.10 Å². The number of aryl methyl sites for hydroxylation is 2. The van der Waals surface area contributed by atoms with Crippen LogP contribution in [-0.4, -0.2) is 26.4 Å². The number of ether oxygens (including phenoxy) is 2. The SMILES string of the molecule is CCc1nn(-c2cc(C)cc(Oc3ccc4c5ccccc5n(-c5cc(OC)ccn5)c4c3)c2)c(CC)c1[C@@H]1C(C)=CCC[C@@H]1C. The summed E-state index contributed by atoms with van der Waals surface area (Å²) in [6.07, 6.45) is 8.44. The van der Waals surface area contributed by atoms with E-state index in [1.165, 1.54) is 35.4 Å². The maximum atomic E-state index is 6.64. The van der Waals surface area contributed by atoms with Gasteiger partial charge in [0.15, 0.2) is 0 Å². The second kappa shape index (κ2) is 12.2. The van der Waals surface area contributed by atoms with Crippen molar-refractivity contribution in [2.75, 3.05) is 7.11 Å². The number of allylic oxidation sites excluding steroid dienone is 2. The van der Waals surface area contributed by atoms with Crippen molar-refractivity contribution in [1.29, 1.82) is 0 Å². The van der Waals surface area contributed by atoms with E-state index in [9.17, 15) is 0 Å². The number of rotatable bonds is 8. The lowest BCUT2D eigenvalue weighted by Crippen LogP contribution is -2.17. The van der Waals surface area contributed by atoms with Gasteiger partial charge in [-0.3, -0.25) is 4.57 Å². The zero-order valence-corrected chi connectivity index (χ0v) is 27.7. The lowest BCUT2D eigenvalue weighted by molar-refractivity contribution is 0.414. The summed E-state index contributed by atoms with van der Waals surface area (Å²) >= 11 is 0. The molecule has 2 atom stereocenters. The van der Waals surface area contributed by atoms with Gasteiger partial charge in [0.2, 0.25) is 0 Å². The van der Waals surface area contributed by atoms with Crippen LogP contribution in [0.15, 0.2) is 90.6 Å². The predicted octanol–water partition coefficient (Wildman–Crippen LogP) is 10.1. The first-order valence-electron chi connectivity index (χ1n) is 16.5. The molecule has 1 aliphatic rings. The summed E-state index contributed by atoms with van der Waals surface area (Å²) in [5.41, 5.74) is 9.69. The third-order valence-electron chi connectivity index (χ3n) is 9.57. The summed E-state index contributed by atoms with van der Waals surface area (Å²) in [7, 11) is 1.68. The molecule has 7 rings (SSSR count). The summed E-state index contributed by atoms with van der Waals surface area (Å²) in [5, 5.41) is 7.55. The summed E-state index contributed by atoms with van der Waals surface area (Å²) in [4.78, 5) is 4.70. The number of nitrogens with zero attached hydrogens (tertiary/aromatic N) is 4. The van der Waals surface area contributed by atoms with Gasteiger partial charge in [-0.1, -0.05) is 50.6 Å². The highest BCUT2D eigenvalue weighted by Gasteiger charge is 2.31. The molecule has 0 saturated carbocycles. The van der Waals surface area contributed by atoms with Gasteiger partial charge >= 0.3 is 0 Å². The molecule has 6 heteroatoms. The summed E-state index contributed by atoms with van der Waals surface area (Å²) in [5.74, 6) is 4.14. The number of hydrogen-bond acceptors (Lipinski definition) is 4. The Kier molecular flexibility index (Phi) is 7.89. The average molecular weight is 611 g/mol. The molecule has 0 aliphatic heterocycles. The molecule has 6 aromatic rings. The Morgan fingerprint density at radius 1 is 0.848 bits per heavy atom. The molecule has 0 unspecified atom stereocenters. The van der Waals surface area contributed by atoms with Crippen LogP contribution in [0.1, 0.15) is 69.0 Å². The summed E-state index contributed by atoms with van der Waals surface area (Å²) in [6.45, 7) is 11.3. The topological polar surface area (TPSA) is 54.1 Å². The Labute approximate surface area is 271 Å². The first-order chi connectivity index (χ1) is 22.4. The van der Waals surface area contributed by atoms with Crippen molar-refractivity contribution >= 4 is 21.8 Å². The Morgan fingerprint density at radius 3 is 2.46 bits per heavy atom. The average Bonchev–Trinajstić information content (AvgIpc) is 3.59. The molecular weight excluding hydrogens is 568 g/mol. The number of fused-ring (bicyclic) bond motifs is 3. The lowest BCUT2D eigenvalue weighted by Gasteiger charge is -2.30. The van der Waals surface area contributed by atoms with Crippen molar-refractivity contribution in [2.45, 2.75) is 66.2 Å². The van der Waals surface area contributed by atoms with Gasteiger partial charge in [-0.15, -0.1) is 0 Å². The number of para-hydroxylation sites is 1. The van der Waals surface area contributed by atoms with E-state index in [-0.39, 0.29) is 0 Å². The number of pyridine rings is 1. The van der Waals surface area contributed by atoms with Crippen LogP contribution in [0.25, 0.3) is 33.3 Å². The highest BCUT2D eigenvalue weighted by Crippen LogP contribution is 2.42. The molecule has 6 nitrogen and oxygen atoms in total. The highest BCUT2D eigenvalue weighted by molar-refractivity contribution is 6.09. The van der Waals surface area contributed by atoms with Crippen LogP contribution >= 0.6 is 0 Å². The molecule has 0 fully saturated rings. The van der Waals surface area contributed by atoms with E-state index in [0.29, 0.717) is 11.8 Å². The number of methoxy groups -OCH3 is 1. The molecule has 1 aliphatic carbocycles. The summed E-state index contributed by atoms with van der Waals surface area (Å²) in [6, 6.07) is 25.0. The van der Waals surface area contributed by atoms with Crippen molar-refractivity contribution < 1.29 is 9.47 Å². The van der Waals surface area contributed by atoms with E-state index < -0.39 is 0 Å². The molecule has 0 radical (unpaired) electrons. The second-order valence-electron chi connectivity index (χ2n) is 12.6. The smallest absolute Gasteiger partial charge is 0.141 e. The van der Waals surface area contributed by atoms with Crippen LogP contribution in [-0.2, 0) is 12.8 Å². The number of hydrogen-bond donors (Lipinski definition) is 0. The third kappa shape index (κ3) is 5.16. The molecule has 0 bridgehead atoms. The molecule has 3 heterocycles. The van der Waals surface area contributed by atoms with E-state index >= 15 is 0 Å². The molecular formula is C40H42N4O2. The number of aromatic nitrogens is 4. The quantitative estimate of drug-likeness (QED) is 0.161. The fourth-order valence-corrected chi connectivity index (χ4v) is 7.47. The van der Waals surface area contributed by atoms with E-state index in [1.807, 2.05) is 12.1 Å². The van der Waals surface area contributed by atoms with E-state index in [0.717, 1.165) is 69.0 Å². The van der Waals surface area contributed by atoms with Crippen molar-refractivity contribution in [3.8, 4) is 28.8 Å². The van der Waals surface area contributed by atoms with Gasteiger partial charge in [0.25, 0.3) is 0 Å². The van der Waals surface area contributed by atoms with Crippen LogP contribution in [0.3, 0.4) is 0 Å². The Morgan fingerprint density at radius 2 is 1.67 bits per heavy atom. The van der Waals surface area contributed by atoms with Crippen LogP contribution < -0.4 is 9.47 Å². The van der Waals surface area contributed by atoms with E-state index in [4.69, 9.17) is 19.6 Å². The van der Waals surface area contributed by atoms with Crippen molar-refractivity contribution in [3.63, 3.8) is 0 Å². The zero-order chi connectivity index (χ0) is 31.9. The van der Waals surface area contributed by atoms with Crippen molar-refractivity contribution in [1.82, 2.24) is 19.3 Å². The first kappa shape index (κ1) is 29.8. The molecule has 3 aromatic heterocycles. The Balaban J connectivity index is 1.31. The summed E-state index contributed by atoms with van der Waals surface area (Å²) < 4.78 is 16.5. The van der Waals surface area contributed by atoms with Gasteiger partial charge in [-0.25, -0.2) is 9.67 Å². The van der Waals surface area contributed by atoms with Gasteiger partial charge in [0, 0.05) is 52.3 Å². The highest BCUT2D eigenvalue weighted by atomic mass is 16.5. The molecule has 0 amide bonds. The van der Waals surface area contributed by atoms with Crippen LogP contribution in [0.4, 0.5) is 0 Å². The molecule has 0 saturated heterocycles. The third-order valence-corrected chi connectivity index (χ3v) is 9.57. The molecule has 46 heavy (non-hydrogen) atoms. The first-order valence-corrected chi connectivity index (χ1v) is 16.5. The Hall–Kier alpha value is -4.84. The largest absolute Gasteiger partial charge is 0.497 e.